The molecule has 4 rings (SSSR count). The summed E-state index contributed by atoms with van der Waals surface area (Å²) in [6.07, 6.45) is 1.12. The van der Waals surface area contributed by atoms with Crippen molar-refractivity contribution < 1.29 is 13.9 Å². The number of rotatable bonds is 4. The van der Waals surface area contributed by atoms with Crippen LogP contribution in [0.1, 0.15) is 23.8 Å². The Morgan fingerprint density at radius 1 is 1.24 bits per heavy atom. The summed E-state index contributed by atoms with van der Waals surface area (Å²) in [7, 11) is 0. The van der Waals surface area contributed by atoms with Crippen LogP contribution >= 0.6 is 0 Å². The smallest absolute Gasteiger partial charge is 0.359 e. The van der Waals surface area contributed by atoms with E-state index in [1.807, 2.05) is 6.07 Å². The van der Waals surface area contributed by atoms with Crippen molar-refractivity contribution >= 4 is 17.4 Å². The Bertz CT molecular complexity index is 949. The molecule has 0 spiro atoms. The molecule has 1 aliphatic rings. The molecule has 1 aliphatic heterocycles. The highest BCUT2D eigenvalue weighted by Crippen LogP contribution is 2.28. The molecule has 0 N–H and O–H groups in total. The van der Waals surface area contributed by atoms with Crippen LogP contribution in [-0.4, -0.2) is 40.3 Å². The fraction of sp³-hybridized carbons (Fsp3) is 0.278. The first-order valence-electron chi connectivity index (χ1n) is 8.26. The lowest BCUT2D eigenvalue weighted by molar-refractivity contribution is 0.0518. The number of aromatic nitrogens is 3. The van der Waals surface area contributed by atoms with Crippen LogP contribution in [0.25, 0.3) is 16.9 Å². The van der Waals surface area contributed by atoms with Gasteiger partial charge in [0.1, 0.15) is 17.3 Å². The van der Waals surface area contributed by atoms with E-state index >= 15 is 0 Å². The zero-order chi connectivity index (χ0) is 17.4. The van der Waals surface area contributed by atoms with E-state index in [1.165, 1.54) is 10.6 Å². The molecule has 25 heavy (non-hydrogen) atoms. The Morgan fingerprint density at radius 3 is 2.72 bits per heavy atom. The summed E-state index contributed by atoms with van der Waals surface area (Å²) in [5.74, 6) is -0.247. The molecule has 3 heterocycles. The number of ether oxygens (including phenoxy) is 1. The molecule has 0 atom stereocenters. The number of halogens is 1. The van der Waals surface area contributed by atoms with Gasteiger partial charge in [-0.15, -0.1) is 5.10 Å². The Labute approximate surface area is 143 Å². The van der Waals surface area contributed by atoms with Gasteiger partial charge in [0.2, 0.25) is 0 Å². The van der Waals surface area contributed by atoms with Gasteiger partial charge in [0.05, 0.1) is 6.61 Å². The lowest BCUT2D eigenvalue weighted by Crippen LogP contribution is -2.37. The van der Waals surface area contributed by atoms with Gasteiger partial charge in [0, 0.05) is 18.7 Å². The Kier molecular flexibility index (Phi) is 3.83. The van der Waals surface area contributed by atoms with E-state index in [9.17, 15) is 9.18 Å². The second-order valence-corrected chi connectivity index (χ2v) is 5.81. The van der Waals surface area contributed by atoms with E-state index in [4.69, 9.17) is 4.74 Å². The summed E-state index contributed by atoms with van der Waals surface area (Å²) in [5, 5.41) is 4.53. The van der Waals surface area contributed by atoms with Crippen LogP contribution in [0.4, 0.5) is 10.2 Å². The van der Waals surface area contributed by atoms with Crippen LogP contribution in [0.15, 0.2) is 36.4 Å². The largest absolute Gasteiger partial charge is 0.461 e. The number of fused-ring (bicyclic) bond motifs is 1. The van der Waals surface area contributed by atoms with Crippen molar-refractivity contribution in [2.24, 2.45) is 0 Å². The molecule has 1 saturated heterocycles. The third kappa shape index (κ3) is 2.61. The molecule has 128 valence electrons. The van der Waals surface area contributed by atoms with Gasteiger partial charge in [0.25, 0.3) is 0 Å². The first kappa shape index (κ1) is 15.6. The SMILES string of the molecule is CCOC(=O)c1c(-c2ccccc2F)nc2ccc(N3CCC3)nn12. The summed E-state index contributed by atoms with van der Waals surface area (Å²) >= 11 is 0. The van der Waals surface area contributed by atoms with Crippen molar-refractivity contribution in [1.82, 2.24) is 14.6 Å². The van der Waals surface area contributed by atoms with Crippen molar-refractivity contribution in [2.45, 2.75) is 13.3 Å². The molecular formula is C18H17FN4O2. The second kappa shape index (κ2) is 6.16. The molecule has 1 aromatic carbocycles. The maximum Gasteiger partial charge on any atom is 0.359 e. The van der Waals surface area contributed by atoms with Crippen LogP contribution in [-0.2, 0) is 4.74 Å². The van der Waals surface area contributed by atoms with E-state index in [0.29, 0.717) is 5.65 Å². The average molecular weight is 340 g/mol. The van der Waals surface area contributed by atoms with Crippen LogP contribution in [0.5, 0.6) is 0 Å². The van der Waals surface area contributed by atoms with Crippen LogP contribution < -0.4 is 4.90 Å². The van der Waals surface area contributed by atoms with Gasteiger partial charge in [0.15, 0.2) is 11.3 Å². The van der Waals surface area contributed by atoms with E-state index in [0.717, 1.165) is 25.3 Å². The number of imidazole rings is 1. The van der Waals surface area contributed by atoms with Gasteiger partial charge in [-0.1, -0.05) is 12.1 Å². The highest BCUT2D eigenvalue weighted by molar-refractivity contribution is 5.96. The predicted octanol–water partition coefficient (Wildman–Crippen LogP) is 2.92. The third-order valence-electron chi connectivity index (χ3n) is 4.24. The Morgan fingerprint density at radius 2 is 2.04 bits per heavy atom. The van der Waals surface area contributed by atoms with Crippen LogP contribution in [0.2, 0.25) is 0 Å². The molecule has 2 aromatic heterocycles. The van der Waals surface area contributed by atoms with Crippen molar-refractivity contribution in [1.29, 1.82) is 0 Å². The number of carbonyl (C=O) groups excluding carboxylic acids is 1. The van der Waals surface area contributed by atoms with Crippen molar-refractivity contribution in [3.05, 3.63) is 47.9 Å². The lowest BCUT2D eigenvalue weighted by Gasteiger charge is -2.31. The van der Waals surface area contributed by atoms with Gasteiger partial charge in [-0.3, -0.25) is 0 Å². The van der Waals surface area contributed by atoms with E-state index < -0.39 is 11.8 Å². The fourth-order valence-electron chi connectivity index (χ4n) is 2.86. The molecular weight excluding hydrogens is 323 g/mol. The van der Waals surface area contributed by atoms with E-state index in [2.05, 4.69) is 15.0 Å². The summed E-state index contributed by atoms with van der Waals surface area (Å²) in [5.41, 5.74) is 1.11. The normalized spacial score (nSPS) is 13.8. The minimum atomic E-state index is -0.568. The van der Waals surface area contributed by atoms with Gasteiger partial charge >= 0.3 is 5.97 Å². The number of hydrogen-bond acceptors (Lipinski definition) is 5. The quantitative estimate of drug-likeness (QED) is 0.684. The number of anilines is 1. The molecule has 0 aliphatic carbocycles. The molecule has 3 aromatic rings. The minimum absolute atomic E-state index is 0.143. The Hall–Kier alpha value is -2.96. The highest BCUT2D eigenvalue weighted by atomic mass is 19.1. The monoisotopic (exact) mass is 340 g/mol. The van der Waals surface area contributed by atoms with E-state index in [1.54, 1.807) is 31.2 Å². The van der Waals surface area contributed by atoms with E-state index in [-0.39, 0.29) is 23.6 Å². The standard InChI is InChI=1S/C18H17FN4O2/c1-2-25-18(24)17-16(12-6-3-4-7-13(12)19)20-14-8-9-15(21-23(14)17)22-10-5-11-22/h3-4,6-9H,2,5,10-11H2,1H3. The number of hydrogen-bond donors (Lipinski definition) is 0. The predicted molar refractivity (Wildman–Crippen MR) is 91.2 cm³/mol. The van der Waals surface area contributed by atoms with Crippen LogP contribution in [0.3, 0.4) is 0 Å². The average Bonchev–Trinajstić information content (AvgIpc) is 2.92. The minimum Gasteiger partial charge on any atom is -0.461 e. The summed E-state index contributed by atoms with van der Waals surface area (Å²) in [6.45, 7) is 3.81. The molecule has 0 saturated carbocycles. The molecule has 0 radical (unpaired) electrons. The summed E-state index contributed by atoms with van der Waals surface area (Å²) in [4.78, 5) is 19.1. The van der Waals surface area contributed by atoms with Crippen LogP contribution in [0, 0.1) is 5.82 Å². The zero-order valence-electron chi connectivity index (χ0n) is 13.8. The maximum atomic E-state index is 14.3. The first-order chi connectivity index (χ1) is 12.2. The number of benzene rings is 1. The fourth-order valence-corrected chi connectivity index (χ4v) is 2.86. The number of nitrogens with zero attached hydrogens (tertiary/aromatic N) is 4. The van der Waals surface area contributed by atoms with Gasteiger partial charge in [-0.25, -0.2) is 18.7 Å². The molecule has 0 amide bonds. The Balaban J connectivity index is 1.93. The zero-order valence-corrected chi connectivity index (χ0v) is 13.8. The molecule has 7 heteroatoms. The molecule has 1 fully saturated rings. The maximum absolute atomic E-state index is 14.3. The molecule has 0 bridgehead atoms. The molecule has 6 nitrogen and oxygen atoms in total. The van der Waals surface area contributed by atoms with Crippen molar-refractivity contribution in [3.63, 3.8) is 0 Å². The second-order valence-electron chi connectivity index (χ2n) is 5.81. The third-order valence-corrected chi connectivity index (χ3v) is 4.24. The van der Waals surface area contributed by atoms with Crippen molar-refractivity contribution in [3.8, 4) is 11.3 Å². The number of carbonyl (C=O) groups is 1. The number of esters is 1. The summed E-state index contributed by atoms with van der Waals surface area (Å²) in [6, 6.07) is 9.88. The van der Waals surface area contributed by atoms with Gasteiger partial charge in [-0.05, 0) is 37.6 Å². The van der Waals surface area contributed by atoms with Gasteiger partial charge < -0.3 is 9.64 Å². The van der Waals surface area contributed by atoms with Gasteiger partial charge in [-0.2, -0.15) is 0 Å². The summed E-state index contributed by atoms with van der Waals surface area (Å²) < 4.78 is 20.9. The lowest BCUT2D eigenvalue weighted by atomic mass is 10.1. The van der Waals surface area contributed by atoms with Crippen molar-refractivity contribution in [2.75, 3.05) is 24.6 Å². The topological polar surface area (TPSA) is 59.7 Å². The first-order valence-corrected chi connectivity index (χ1v) is 8.26. The molecule has 0 unspecified atom stereocenters. The highest BCUT2D eigenvalue weighted by Gasteiger charge is 2.25.